The van der Waals surface area contributed by atoms with Crippen molar-refractivity contribution in [2.45, 2.75) is 38.3 Å². The summed E-state index contributed by atoms with van der Waals surface area (Å²) in [6, 6.07) is 3.49. The topological polar surface area (TPSA) is 91.3 Å². The van der Waals surface area contributed by atoms with Gasteiger partial charge in [-0.25, -0.2) is 4.98 Å². The van der Waals surface area contributed by atoms with Crippen LogP contribution in [0.5, 0.6) is 0 Å². The maximum absolute atomic E-state index is 12.4. The molecule has 22 heavy (non-hydrogen) atoms. The fourth-order valence-corrected chi connectivity index (χ4v) is 4.70. The molecule has 0 unspecified atom stereocenters. The third-order valence-corrected chi connectivity index (χ3v) is 5.83. The van der Waals surface area contributed by atoms with E-state index in [2.05, 4.69) is 15.6 Å². The molecule has 1 aromatic rings. The summed E-state index contributed by atoms with van der Waals surface area (Å²) in [6.45, 7) is 2.03. The minimum Gasteiger partial charge on any atom is -0.481 e. The molecule has 3 saturated carbocycles. The van der Waals surface area contributed by atoms with E-state index in [0.717, 1.165) is 12.8 Å². The van der Waals surface area contributed by atoms with Gasteiger partial charge in [-0.15, -0.1) is 0 Å². The van der Waals surface area contributed by atoms with Crippen LogP contribution in [0.3, 0.4) is 0 Å². The van der Waals surface area contributed by atoms with Crippen LogP contribution in [0.2, 0.25) is 0 Å². The summed E-state index contributed by atoms with van der Waals surface area (Å²) in [7, 11) is 0. The maximum Gasteiger partial charge on any atom is 0.307 e. The van der Waals surface area contributed by atoms with Crippen LogP contribution in [0.1, 0.15) is 43.0 Å². The van der Waals surface area contributed by atoms with E-state index in [4.69, 9.17) is 0 Å². The van der Waals surface area contributed by atoms with Gasteiger partial charge in [0.1, 0.15) is 11.5 Å². The Bertz CT molecular complexity index is 676. The lowest BCUT2D eigenvalue weighted by atomic mass is 9.51. The van der Waals surface area contributed by atoms with Gasteiger partial charge in [0, 0.05) is 12.1 Å². The van der Waals surface area contributed by atoms with Crippen LogP contribution in [0.4, 0.5) is 5.82 Å². The first-order valence-electron chi connectivity index (χ1n) is 7.72. The first-order chi connectivity index (χ1) is 10.4. The number of pyridine rings is 1. The molecule has 116 valence electrons. The molecule has 5 rings (SSSR count). The third-order valence-electron chi connectivity index (χ3n) is 5.83. The third kappa shape index (κ3) is 1.69. The van der Waals surface area contributed by atoms with E-state index >= 15 is 0 Å². The van der Waals surface area contributed by atoms with Gasteiger partial charge in [-0.2, -0.15) is 0 Å². The number of hydrogen-bond donors (Lipinski definition) is 3. The molecule has 6 nitrogen and oxygen atoms in total. The largest absolute Gasteiger partial charge is 0.481 e. The standard InChI is InChI=1S/C16H19N3O3/c1-15-5-4-9(7-11(15)14(21)22)16(8-15)18-12-10(13(20)19-16)3-2-6-17-12/h2-3,6,9,11H,4-5,7-8H2,1H3,(H,17,18)(H,19,20)(H,21,22)/t9-,11+,15-,16-/m0/s1. The van der Waals surface area contributed by atoms with Crippen molar-refractivity contribution in [3.8, 4) is 0 Å². The molecule has 3 N–H and O–H groups in total. The van der Waals surface area contributed by atoms with Crippen LogP contribution >= 0.6 is 0 Å². The van der Waals surface area contributed by atoms with E-state index in [1.807, 2.05) is 6.92 Å². The number of nitrogens with zero attached hydrogens (tertiary/aromatic N) is 1. The molecule has 4 atom stereocenters. The highest BCUT2D eigenvalue weighted by atomic mass is 16.4. The highest BCUT2D eigenvalue weighted by molar-refractivity contribution is 6.01. The number of rotatable bonds is 1. The molecule has 0 saturated heterocycles. The summed E-state index contributed by atoms with van der Waals surface area (Å²) in [5.41, 5.74) is -0.306. The minimum absolute atomic E-state index is 0.120. The summed E-state index contributed by atoms with van der Waals surface area (Å²) in [5, 5.41) is 16.0. The monoisotopic (exact) mass is 301 g/mol. The number of carbonyl (C=O) groups is 2. The molecule has 1 spiro atoms. The van der Waals surface area contributed by atoms with Crippen LogP contribution in [0, 0.1) is 17.3 Å². The smallest absolute Gasteiger partial charge is 0.307 e. The fraction of sp³-hybridized carbons (Fsp3) is 0.562. The number of anilines is 1. The Hall–Kier alpha value is -2.11. The van der Waals surface area contributed by atoms with E-state index < -0.39 is 11.6 Å². The number of carboxylic acid groups (broad SMARTS) is 1. The predicted octanol–water partition coefficient (Wildman–Crippen LogP) is 1.84. The van der Waals surface area contributed by atoms with E-state index in [0.29, 0.717) is 24.2 Å². The second-order valence-electron chi connectivity index (χ2n) is 7.14. The molecule has 6 heteroatoms. The first-order valence-corrected chi connectivity index (χ1v) is 7.72. The summed E-state index contributed by atoms with van der Waals surface area (Å²) < 4.78 is 0. The molecule has 2 heterocycles. The zero-order valence-electron chi connectivity index (χ0n) is 12.4. The summed E-state index contributed by atoms with van der Waals surface area (Å²) >= 11 is 0. The minimum atomic E-state index is -0.720. The Balaban J connectivity index is 1.73. The summed E-state index contributed by atoms with van der Waals surface area (Å²) in [4.78, 5) is 28.3. The van der Waals surface area contributed by atoms with Crippen molar-refractivity contribution < 1.29 is 14.7 Å². The molecule has 3 aliphatic carbocycles. The highest BCUT2D eigenvalue weighted by Gasteiger charge is 2.60. The molecule has 1 amide bonds. The highest BCUT2D eigenvalue weighted by Crippen LogP contribution is 2.58. The Morgan fingerprint density at radius 3 is 3.00 bits per heavy atom. The van der Waals surface area contributed by atoms with Crippen molar-refractivity contribution in [2.75, 3.05) is 5.32 Å². The molecule has 4 aliphatic rings. The number of aliphatic carboxylic acids is 1. The van der Waals surface area contributed by atoms with Gasteiger partial charge < -0.3 is 15.7 Å². The van der Waals surface area contributed by atoms with Crippen molar-refractivity contribution in [1.82, 2.24) is 10.3 Å². The average molecular weight is 301 g/mol. The average Bonchev–Trinajstić information content (AvgIpc) is 2.46. The van der Waals surface area contributed by atoms with Crippen LogP contribution in [-0.2, 0) is 4.79 Å². The lowest BCUT2D eigenvalue weighted by Gasteiger charge is -2.60. The molecule has 0 radical (unpaired) electrons. The number of carboxylic acids is 1. The van der Waals surface area contributed by atoms with Crippen molar-refractivity contribution in [2.24, 2.45) is 17.3 Å². The molecule has 3 fully saturated rings. The summed E-state index contributed by atoms with van der Waals surface area (Å²) in [5.74, 6) is -0.447. The van der Waals surface area contributed by atoms with Gasteiger partial charge in [0.15, 0.2) is 0 Å². The van der Waals surface area contributed by atoms with Gasteiger partial charge in [-0.3, -0.25) is 9.59 Å². The number of nitrogens with one attached hydrogen (secondary N) is 2. The number of fused-ring (bicyclic) bond motifs is 3. The number of aromatic nitrogens is 1. The SMILES string of the molecule is C[C@@]12CC[C@@H](C[C@@H]1C(=O)O)[C@]1(C2)NC(=O)c2cccnc2N1. The second-order valence-corrected chi connectivity index (χ2v) is 7.14. The molecule has 1 aromatic heterocycles. The number of carbonyl (C=O) groups excluding carboxylic acids is 1. The Kier molecular flexibility index (Phi) is 2.59. The molecule has 2 bridgehead atoms. The Labute approximate surface area is 128 Å². The van der Waals surface area contributed by atoms with Crippen molar-refractivity contribution >= 4 is 17.7 Å². The van der Waals surface area contributed by atoms with Crippen LogP contribution in [-0.4, -0.2) is 27.6 Å². The van der Waals surface area contributed by atoms with Gasteiger partial charge in [-0.05, 0) is 43.2 Å². The normalized spacial score (nSPS) is 39.0. The maximum atomic E-state index is 12.4. The Morgan fingerprint density at radius 1 is 1.45 bits per heavy atom. The molecular weight excluding hydrogens is 282 g/mol. The van der Waals surface area contributed by atoms with E-state index in [-0.39, 0.29) is 23.2 Å². The van der Waals surface area contributed by atoms with Crippen molar-refractivity contribution in [3.63, 3.8) is 0 Å². The second kappa shape index (κ2) is 4.21. The van der Waals surface area contributed by atoms with Gasteiger partial charge in [0.25, 0.3) is 5.91 Å². The molecular formula is C16H19N3O3. The van der Waals surface area contributed by atoms with E-state index in [1.165, 1.54) is 0 Å². The molecule has 0 aromatic carbocycles. The fourth-order valence-electron chi connectivity index (χ4n) is 4.70. The van der Waals surface area contributed by atoms with Crippen molar-refractivity contribution in [1.29, 1.82) is 0 Å². The van der Waals surface area contributed by atoms with Gasteiger partial charge in [0.05, 0.1) is 11.5 Å². The number of hydrogen-bond acceptors (Lipinski definition) is 4. The predicted molar refractivity (Wildman–Crippen MR) is 79.2 cm³/mol. The Morgan fingerprint density at radius 2 is 2.27 bits per heavy atom. The van der Waals surface area contributed by atoms with Crippen molar-refractivity contribution in [3.05, 3.63) is 23.9 Å². The van der Waals surface area contributed by atoms with E-state index in [9.17, 15) is 14.7 Å². The summed E-state index contributed by atoms with van der Waals surface area (Å²) in [6.07, 6.45) is 4.71. The number of amides is 1. The first kappa shape index (κ1) is 13.5. The van der Waals surface area contributed by atoms with Gasteiger partial charge >= 0.3 is 5.97 Å². The molecule has 1 aliphatic heterocycles. The zero-order chi connectivity index (χ0) is 15.5. The van der Waals surface area contributed by atoms with Crippen LogP contribution < -0.4 is 10.6 Å². The lowest BCUT2D eigenvalue weighted by molar-refractivity contribution is -0.156. The van der Waals surface area contributed by atoms with Crippen LogP contribution in [0.15, 0.2) is 18.3 Å². The van der Waals surface area contributed by atoms with Crippen LogP contribution in [0.25, 0.3) is 0 Å². The lowest BCUT2D eigenvalue weighted by Crippen LogP contribution is -2.69. The zero-order valence-corrected chi connectivity index (χ0v) is 12.4. The quantitative estimate of drug-likeness (QED) is 0.736. The van der Waals surface area contributed by atoms with E-state index in [1.54, 1.807) is 18.3 Å². The van der Waals surface area contributed by atoms with Gasteiger partial charge in [0.2, 0.25) is 0 Å². The van der Waals surface area contributed by atoms with Gasteiger partial charge in [-0.1, -0.05) is 6.92 Å².